The van der Waals surface area contributed by atoms with Crippen molar-refractivity contribution in [2.75, 3.05) is 5.32 Å². The lowest BCUT2D eigenvalue weighted by Gasteiger charge is -2.14. The van der Waals surface area contributed by atoms with Crippen molar-refractivity contribution in [1.82, 2.24) is 0 Å². The van der Waals surface area contributed by atoms with Gasteiger partial charge in [-0.1, -0.05) is 32.9 Å². The van der Waals surface area contributed by atoms with E-state index in [-0.39, 0.29) is 0 Å². The van der Waals surface area contributed by atoms with Crippen molar-refractivity contribution in [3.8, 4) is 0 Å². The molecule has 3 heteroatoms. The van der Waals surface area contributed by atoms with Crippen LogP contribution in [0.3, 0.4) is 0 Å². The zero-order valence-corrected chi connectivity index (χ0v) is 10.0. The highest BCUT2D eigenvalue weighted by atomic mass is 16.4. The summed E-state index contributed by atoms with van der Waals surface area (Å²) in [6.07, 6.45) is 0.571. The van der Waals surface area contributed by atoms with Gasteiger partial charge in [-0.2, -0.15) is 0 Å². The second kappa shape index (κ2) is 5.54. The maximum absolute atomic E-state index is 10.8. The van der Waals surface area contributed by atoms with E-state index in [1.807, 2.05) is 31.2 Å². The summed E-state index contributed by atoms with van der Waals surface area (Å²) in [6, 6.07) is 7.41. The molecule has 3 nitrogen and oxygen atoms in total. The van der Waals surface area contributed by atoms with Crippen molar-refractivity contribution in [3.05, 3.63) is 29.8 Å². The first-order valence-electron chi connectivity index (χ1n) is 5.64. The molecule has 0 aromatic heterocycles. The molecule has 0 fully saturated rings. The van der Waals surface area contributed by atoms with Gasteiger partial charge < -0.3 is 10.4 Å². The molecule has 16 heavy (non-hydrogen) atoms. The van der Waals surface area contributed by atoms with Crippen LogP contribution in [0.5, 0.6) is 0 Å². The van der Waals surface area contributed by atoms with Crippen molar-refractivity contribution in [2.45, 2.75) is 39.2 Å². The fraction of sp³-hybridized carbons (Fsp3) is 0.462. The average Bonchev–Trinajstić information content (AvgIpc) is 2.26. The van der Waals surface area contributed by atoms with Gasteiger partial charge >= 0.3 is 5.97 Å². The quantitative estimate of drug-likeness (QED) is 0.803. The minimum Gasteiger partial charge on any atom is -0.480 e. The molecule has 1 atom stereocenters. The van der Waals surface area contributed by atoms with Crippen LogP contribution in [0.25, 0.3) is 0 Å². The Morgan fingerprint density at radius 2 is 1.88 bits per heavy atom. The Labute approximate surface area is 96.5 Å². The summed E-state index contributed by atoms with van der Waals surface area (Å²) in [5.74, 6) is -0.314. The topological polar surface area (TPSA) is 49.3 Å². The summed E-state index contributed by atoms with van der Waals surface area (Å²) in [6.45, 7) is 6.12. The largest absolute Gasteiger partial charge is 0.480 e. The summed E-state index contributed by atoms with van der Waals surface area (Å²) >= 11 is 0. The van der Waals surface area contributed by atoms with E-state index in [9.17, 15) is 4.79 Å². The third kappa shape index (κ3) is 3.26. The minimum atomic E-state index is -0.810. The van der Waals surface area contributed by atoms with Gasteiger partial charge in [-0.25, -0.2) is 4.79 Å². The molecule has 0 aliphatic heterocycles. The van der Waals surface area contributed by atoms with Gasteiger partial charge in [0.15, 0.2) is 0 Å². The zero-order chi connectivity index (χ0) is 12.1. The average molecular weight is 221 g/mol. The highest BCUT2D eigenvalue weighted by Crippen LogP contribution is 2.18. The van der Waals surface area contributed by atoms with Crippen molar-refractivity contribution in [1.29, 1.82) is 0 Å². The molecule has 0 saturated carbocycles. The van der Waals surface area contributed by atoms with Gasteiger partial charge in [-0.15, -0.1) is 0 Å². The number of carbonyl (C=O) groups is 1. The molecule has 1 rings (SSSR count). The monoisotopic (exact) mass is 221 g/mol. The fourth-order valence-corrected chi connectivity index (χ4v) is 1.50. The number of rotatable bonds is 5. The van der Waals surface area contributed by atoms with Crippen molar-refractivity contribution >= 4 is 11.7 Å². The molecule has 1 aromatic carbocycles. The standard InChI is InChI=1S/C13H19NO2/c1-4-12(13(15)16)14-11-7-5-10(6-8-11)9(2)3/h5-9,12,14H,4H2,1-3H3,(H,15,16)/t12-/m1/s1. The molecule has 1 aromatic rings. The first kappa shape index (κ1) is 12.6. The Bertz CT molecular complexity index is 343. The van der Waals surface area contributed by atoms with Crippen LogP contribution < -0.4 is 5.32 Å². The van der Waals surface area contributed by atoms with E-state index < -0.39 is 12.0 Å². The van der Waals surface area contributed by atoms with E-state index >= 15 is 0 Å². The van der Waals surface area contributed by atoms with E-state index in [4.69, 9.17) is 5.11 Å². The molecule has 0 radical (unpaired) electrons. The van der Waals surface area contributed by atoms with Gasteiger partial charge in [0.25, 0.3) is 0 Å². The minimum absolute atomic E-state index is 0.496. The highest BCUT2D eigenvalue weighted by molar-refractivity contribution is 5.77. The van der Waals surface area contributed by atoms with E-state index in [2.05, 4.69) is 19.2 Å². The molecule has 0 aliphatic rings. The van der Waals surface area contributed by atoms with Gasteiger partial charge in [-0.05, 0) is 30.0 Å². The van der Waals surface area contributed by atoms with Gasteiger partial charge in [-0.3, -0.25) is 0 Å². The Balaban J connectivity index is 2.71. The van der Waals surface area contributed by atoms with Crippen LogP contribution in [0.1, 0.15) is 38.7 Å². The third-order valence-corrected chi connectivity index (χ3v) is 2.62. The van der Waals surface area contributed by atoms with Crippen LogP contribution in [0, 0.1) is 0 Å². The maximum Gasteiger partial charge on any atom is 0.326 e. The second-order valence-corrected chi connectivity index (χ2v) is 4.22. The molecule has 0 unspecified atom stereocenters. The number of hydrogen-bond donors (Lipinski definition) is 2. The third-order valence-electron chi connectivity index (χ3n) is 2.62. The Morgan fingerprint density at radius 1 is 1.31 bits per heavy atom. The van der Waals surface area contributed by atoms with E-state index in [1.54, 1.807) is 0 Å². The van der Waals surface area contributed by atoms with Gasteiger partial charge in [0.2, 0.25) is 0 Å². The number of nitrogens with one attached hydrogen (secondary N) is 1. The van der Waals surface area contributed by atoms with Crippen LogP contribution in [-0.4, -0.2) is 17.1 Å². The van der Waals surface area contributed by atoms with Crippen LogP contribution in [0.2, 0.25) is 0 Å². The number of aliphatic carboxylic acids is 1. The number of benzene rings is 1. The lowest BCUT2D eigenvalue weighted by atomic mass is 10.0. The molecular formula is C13H19NO2. The summed E-state index contributed by atoms with van der Waals surface area (Å²) in [5.41, 5.74) is 2.12. The molecule has 0 bridgehead atoms. The molecular weight excluding hydrogens is 202 g/mol. The number of carboxylic acids is 1. The van der Waals surface area contributed by atoms with Gasteiger partial charge in [0.1, 0.15) is 6.04 Å². The van der Waals surface area contributed by atoms with E-state index in [0.29, 0.717) is 12.3 Å². The number of anilines is 1. The lowest BCUT2D eigenvalue weighted by molar-refractivity contribution is -0.137. The zero-order valence-electron chi connectivity index (χ0n) is 10.0. The maximum atomic E-state index is 10.8. The Kier molecular flexibility index (Phi) is 4.35. The lowest BCUT2D eigenvalue weighted by Crippen LogP contribution is -2.28. The van der Waals surface area contributed by atoms with Gasteiger partial charge in [0, 0.05) is 5.69 Å². The summed E-state index contributed by atoms with van der Waals surface area (Å²) in [7, 11) is 0. The van der Waals surface area contributed by atoms with Crippen LogP contribution in [0.4, 0.5) is 5.69 Å². The predicted octanol–water partition coefficient (Wildman–Crippen LogP) is 3.09. The summed E-state index contributed by atoms with van der Waals surface area (Å²) in [4.78, 5) is 10.8. The fourth-order valence-electron chi connectivity index (χ4n) is 1.50. The Morgan fingerprint density at radius 3 is 2.25 bits per heavy atom. The molecule has 0 amide bonds. The van der Waals surface area contributed by atoms with Crippen LogP contribution in [0.15, 0.2) is 24.3 Å². The molecule has 0 aliphatic carbocycles. The molecule has 0 spiro atoms. The van der Waals surface area contributed by atoms with E-state index in [1.165, 1.54) is 5.56 Å². The summed E-state index contributed by atoms with van der Waals surface area (Å²) in [5, 5.41) is 11.9. The molecule has 2 N–H and O–H groups in total. The van der Waals surface area contributed by atoms with Crippen molar-refractivity contribution in [2.24, 2.45) is 0 Å². The Hall–Kier alpha value is -1.51. The predicted molar refractivity (Wildman–Crippen MR) is 65.9 cm³/mol. The molecule has 0 saturated heterocycles. The smallest absolute Gasteiger partial charge is 0.326 e. The van der Waals surface area contributed by atoms with E-state index in [0.717, 1.165) is 5.69 Å². The number of carboxylic acid groups (broad SMARTS) is 1. The SMILES string of the molecule is CC[C@@H](Nc1ccc(C(C)C)cc1)C(=O)O. The van der Waals surface area contributed by atoms with Crippen LogP contribution >= 0.6 is 0 Å². The van der Waals surface area contributed by atoms with Crippen LogP contribution in [-0.2, 0) is 4.79 Å². The molecule has 88 valence electrons. The van der Waals surface area contributed by atoms with Crippen molar-refractivity contribution < 1.29 is 9.90 Å². The first-order chi connectivity index (χ1) is 7.54. The first-order valence-corrected chi connectivity index (χ1v) is 5.64. The number of hydrogen-bond acceptors (Lipinski definition) is 2. The van der Waals surface area contributed by atoms with Gasteiger partial charge in [0.05, 0.1) is 0 Å². The summed E-state index contributed by atoms with van der Waals surface area (Å²) < 4.78 is 0. The van der Waals surface area contributed by atoms with Crippen molar-refractivity contribution in [3.63, 3.8) is 0 Å². The second-order valence-electron chi connectivity index (χ2n) is 4.22. The normalized spacial score (nSPS) is 12.5. The molecule has 0 heterocycles. The highest BCUT2D eigenvalue weighted by Gasteiger charge is 2.13.